The second-order valence-corrected chi connectivity index (χ2v) is 7.27. The molecule has 138 valence electrons. The SMILES string of the molecule is CC(C)(C)OC(=O)Nc1nc(C=Cc2ccc3c(c2)OC(F)(F)O3)cs1. The smallest absolute Gasteiger partial charge is 0.444 e. The summed E-state index contributed by atoms with van der Waals surface area (Å²) in [6.45, 7) is 5.30. The lowest BCUT2D eigenvalue weighted by Crippen LogP contribution is -2.27. The number of hydrogen-bond acceptors (Lipinski definition) is 6. The van der Waals surface area contributed by atoms with Crippen molar-refractivity contribution >= 4 is 34.7 Å². The fourth-order valence-corrected chi connectivity index (χ4v) is 2.73. The Morgan fingerprint density at radius 1 is 1.27 bits per heavy atom. The largest absolute Gasteiger partial charge is 0.586 e. The number of fused-ring (bicyclic) bond motifs is 1. The molecule has 0 aliphatic carbocycles. The summed E-state index contributed by atoms with van der Waals surface area (Å²) >= 11 is 1.24. The van der Waals surface area contributed by atoms with Gasteiger partial charge in [0.25, 0.3) is 0 Å². The molecule has 2 heterocycles. The molecule has 1 aromatic carbocycles. The average Bonchev–Trinajstić information content (AvgIpc) is 3.04. The van der Waals surface area contributed by atoms with Crippen molar-refractivity contribution in [3.63, 3.8) is 0 Å². The van der Waals surface area contributed by atoms with E-state index in [4.69, 9.17) is 4.74 Å². The van der Waals surface area contributed by atoms with Crippen molar-refractivity contribution in [1.82, 2.24) is 4.98 Å². The number of anilines is 1. The highest BCUT2D eigenvalue weighted by molar-refractivity contribution is 7.14. The minimum Gasteiger partial charge on any atom is -0.444 e. The van der Waals surface area contributed by atoms with Gasteiger partial charge < -0.3 is 14.2 Å². The fraction of sp³-hybridized carbons (Fsp3) is 0.294. The van der Waals surface area contributed by atoms with Gasteiger partial charge in [-0.2, -0.15) is 0 Å². The van der Waals surface area contributed by atoms with Crippen LogP contribution in [0.4, 0.5) is 18.7 Å². The molecular formula is C17H16F2N2O4S. The van der Waals surface area contributed by atoms with Crippen molar-refractivity contribution in [3.05, 3.63) is 34.8 Å². The molecule has 26 heavy (non-hydrogen) atoms. The second kappa shape index (κ2) is 6.56. The predicted octanol–water partition coefficient (Wildman–Crippen LogP) is 4.98. The van der Waals surface area contributed by atoms with Crippen molar-refractivity contribution in [2.24, 2.45) is 0 Å². The monoisotopic (exact) mass is 382 g/mol. The van der Waals surface area contributed by atoms with Gasteiger partial charge in [-0.1, -0.05) is 12.1 Å². The van der Waals surface area contributed by atoms with Crippen molar-refractivity contribution < 1.29 is 27.8 Å². The number of alkyl halides is 2. The molecule has 0 saturated carbocycles. The lowest BCUT2D eigenvalue weighted by Gasteiger charge is -2.18. The van der Waals surface area contributed by atoms with Crippen LogP contribution in [0.1, 0.15) is 32.0 Å². The van der Waals surface area contributed by atoms with Crippen LogP contribution < -0.4 is 14.8 Å². The number of benzene rings is 1. The summed E-state index contributed by atoms with van der Waals surface area (Å²) in [5.74, 6) is -0.0348. The molecule has 9 heteroatoms. The molecule has 1 N–H and O–H groups in total. The maximum atomic E-state index is 13.0. The van der Waals surface area contributed by atoms with E-state index in [0.29, 0.717) is 16.4 Å². The third kappa shape index (κ3) is 4.69. The van der Waals surface area contributed by atoms with Crippen LogP contribution in [0, 0.1) is 0 Å². The number of amides is 1. The number of rotatable bonds is 3. The van der Waals surface area contributed by atoms with Gasteiger partial charge in [-0.3, -0.25) is 5.32 Å². The second-order valence-electron chi connectivity index (χ2n) is 6.41. The predicted molar refractivity (Wildman–Crippen MR) is 93.5 cm³/mol. The fourth-order valence-electron chi connectivity index (χ4n) is 2.06. The molecule has 3 rings (SSSR count). The molecule has 1 amide bonds. The molecule has 0 bridgehead atoms. The Kier molecular flexibility index (Phi) is 4.57. The first kappa shape index (κ1) is 18.1. The summed E-state index contributed by atoms with van der Waals surface area (Å²) in [7, 11) is 0. The molecule has 0 spiro atoms. The first-order valence-corrected chi connectivity index (χ1v) is 8.51. The van der Waals surface area contributed by atoms with Crippen LogP contribution in [0.3, 0.4) is 0 Å². The Morgan fingerprint density at radius 2 is 2.00 bits per heavy atom. The Labute approximate surface area is 152 Å². The highest BCUT2D eigenvalue weighted by Gasteiger charge is 2.43. The Bertz CT molecular complexity index is 859. The Morgan fingerprint density at radius 3 is 2.73 bits per heavy atom. The van der Waals surface area contributed by atoms with Crippen LogP contribution in [0.25, 0.3) is 12.2 Å². The highest BCUT2D eigenvalue weighted by Crippen LogP contribution is 2.41. The minimum atomic E-state index is -3.64. The average molecular weight is 382 g/mol. The highest BCUT2D eigenvalue weighted by atomic mass is 32.1. The van der Waals surface area contributed by atoms with Crippen LogP contribution in [0.5, 0.6) is 11.5 Å². The van der Waals surface area contributed by atoms with E-state index in [1.807, 2.05) is 0 Å². The summed E-state index contributed by atoms with van der Waals surface area (Å²) < 4.78 is 39.9. The van der Waals surface area contributed by atoms with Gasteiger partial charge in [-0.25, -0.2) is 9.78 Å². The molecular weight excluding hydrogens is 366 g/mol. The zero-order valence-electron chi connectivity index (χ0n) is 14.2. The van der Waals surface area contributed by atoms with Crippen LogP contribution in [-0.2, 0) is 4.74 Å². The summed E-state index contributed by atoms with van der Waals surface area (Å²) in [6.07, 6.45) is -0.847. The van der Waals surface area contributed by atoms with E-state index in [9.17, 15) is 13.6 Å². The zero-order chi connectivity index (χ0) is 18.9. The van der Waals surface area contributed by atoms with Gasteiger partial charge in [0, 0.05) is 5.38 Å². The summed E-state index contributed by atoms with van der Waals surface area (Å²) in [5.41, 5.74) is 0.643. The molecule has 1 aliphatic rings. The third-order valence-electron chi connectivity index (χ3n) is 3.00. The van der Waals surface area contributed by atoms with Crippen molar-refractivity contribution in [3.8, 4) is 11.5 Å². The van der Waals surface area contributed by atoms with Crippen LogP contribution in [0.2, 0.25) is 0 Å². The number of nitrogens with one attached hydrogen (secondary N) is 1. The van der Waals surface area contributed by atoms with Crippen LogP contribution in [-0.4, -0.2) is 23.0 Å². The topological polar surface area (TPSA) is 69.7 Å². The van der Waals surface area contributed by atoms with E-state index < -0.39 is 18.0 Å². The molecule has 6 nitrogen and oxygen atoms in total. The van der Waals surface area contributed by atoms with Gasteiger partial charge in [0.15, 0.2) is 16.6 Å². The van der Waals surface area contributed by atoms with E-state index in [-0.39, 0.29) is 11.5 Å². The maximum absolute atomic E-state index is 13.0. The number of hydrogen-bond donors (Lipinski definition) is 1. The number of thiazole rings is 1. The maximum Gasteiger partial charge on any atom is 0.586 e. The molecule has 0 radical (unpaired) electrons. The van der Waals surface area contributed by atoms with Gasteiger partial charge in [-0.15, -0.1) is 20.1 Å². The third-order valence-corrected chi connectivity index (χ3v) is 3.78. The first-order chi connectivity index (χ1) is 12.1. The van der Waals surface area contributed by atoms with Gasteiger partial charge >= 0.3 is 12.4 Å². The normalized spacial score (nSPS) is 15.3. The van der Waals surface area contributed by atoms with E-state index in [0.717, 1.165) is 0 Å². The standard InChI is InChI=1S/C17H16F2N2O4S/c1-16(2,3)25-15(22)21-14-20-11(9-26-14)6-4-10-5-7-12-13(8-10)24-17(18,19)23-12/h4-9H,1-3H3,(H,20,21,22). The number of carbonyl (C=O) groups is 1. The van der Waals surface area contributed by atoms with E-state index in [1.165, 1.54) is 23.5 Å². The molecule has 1 aromatic heterocycles. The van der Waals surface area contributed by atoms with Gasteiger partial charge in [-0.05, 0) is 44.5 Å². The number of carbonyl (C=O) groups excluding carboxylic acids is 1. The van der Waals surface area contributed by atoms with E-state index in [1.54, 1.807) is 44.4 Å². The van der Waals surface area contributed by atoms with Gasteiger partial charge in [0.2, 0.25) is 0 Å². The molecule has 0 saturated heterocycles. The molecule has 0 fully saturated rings. The quantitative estimate of drug-likeness (QED) is 0.811. The molecule has 0 atom stereocenters. The Balaban J connectivity index is 1.64. The summed E-state index contributed by atoms with van der Waals surface area (Å²) in [6, 6.07) is 4.47. The van der Waals surface area contributed by atoms with E-state index in [2.05, 4.69) is 19.8 Å². The van der Waals surface area contributed by atoms with Gasteiger partial charge in [0.1, 0.15) is 5.60 Å². The first-order valence-electron chi connectivity index (χ1n) is 7.63. The van der Waals surface area contributed by atoms with Gasteiger partial charge in [0.05, 0.1) is 5.69 Å². The molecule has 0 unspecified atom stereocenters. The Hall–Kier alpha value is -2.68. The van der Waals surface area contributed by atoms with Crippen LogP contribution >= 0.6 is 11.3 Å². The minimum absolute atomic E-state index is 0.00958. The molecule has 1 aliphatic heterocycles. The zero-order valence-corrected chi connectivity index (χ0v) is 15.0. The van der Waals surface area contributed by atoms with E-state index >= 15 is 0 Å². The number of nitrogens with zero attached hydrogens (tertiary/aromatic N) is 1. The number of aromatic nitrogens is 1. The number of halogens is 2. The van der Waals surface area contributed by atoms with Crippen molar-refractivity contribution in [2.75, 3.05) is 5.32 Å². The summed E-state index contributed by atoms with van der Waals surface area (Å²) in [5, 5.41) is 4.69. The van der Waals surface area contributed by atoms with Crippen LogP contribution in [0.15, 0.2) is 23.6 Å². The lowest BCUT2D eigenvalue weighted by atomic mass is 10.2. The summed E-state index contributed by atoms with van der Waals surface area (Å²) in [4.78, 5) is 15.9. The lowest BCUT2D eigenvalue weighted by molar-refractivity contribution is -0.286. The number of ether oxygens (including phenoxy) is 3. The van der Waals surface area contributed by atoms with Crippen molar-refractivity contribution in [1.29, 1.82) is 0 Å². The van der Waals surface area contributed by atoms with Crippen molar-refractivity contribution in [2.45, 2.75) is 32.7 Å². The molecule has 2 aromatic rings.